The van der Waals surface area contributed by atoms with Gasteiger partial charge in [-0.25, -0.2) is 4.79 Å². The van der Waals surface area contributed by atoms with Crippen LogP contribution in [0.1, 0.15) is 60.3 Å². The third-order valence-electron chi connectivity index (χ3n) is 6.97. The Balaban J connectivity index is 2.37. The lowest BCUT2D eigenvalue weighted by atomic mass is 9.80. The molecule has 0 aliphatic heterocycles. The number of nitrogens with one attached hydrogen (secondary N) is 2. The molecule has 2 amide bonds. The highest BCUT2D eigenvalue weighted by Crippen LogP contribution is 2.37. The van der Waals surface area contributed by atoms with Gasteiger partial charge in [-0.15, -0.1) is 11.3 Å². The van der Waals surface area contributed by atoms with Gasteiger partial charge in [-0.1, -0.05) is 72.7 Å². The van der Waals surface area contributed by atoms with E-state index in [9.17, 15) is 19.5 Å². The van der Waals surface area contributed by atoms with Gasteiger partial charge in [0.1, 0.15) is 6.04 Å². The molecule has 0 aliphatic carbocycles. The lowest BCUT2D eigenvalue weighted by Gasteiger charge is -2.39. The Hall–Kier alpha value is -2.71. The highest BCUT2D eigenvalue weighted by atomic mass is 32.1. The number of rotatable bonds is 10. The van der Waals surface area contributed by atoms with Crippen LogP contribution in [0.15, 0.2) is 42.0 Å². The normalized spacial score (nSPS) is 15.4. The molecule has 0 aliphatic rings. The van der Waals surface area contributed by atoms with Crippen molar-refractivity contribution in [1.29, 1.82) is 0 Å². The van der Waals surface area contributed by atoms with Crippen molar-refractivity contribution in [3.05, 3.63) is 46.9 Å². The molecule has 0 bridgehead atoms. The van der Waals surface area contributed by atoms with E-state index in [2.05, 4.69) is 28.8 Å². The maximum absolute atomic E-state index is 13.8. The van der Waals surface area contributed by atoms with E-state index in [0.29, 0.717) is 0 Å². The van der Waals surface area contributed by atoms with Crippen LogP contribution in [0.25, 0.3) is 10.1 Å². The van der Waals surface area contributed by atoms with Crippen LogP contribution >= 0.6 is 11.3 Å². The zero-order valence-electron chi connectivity index (χ0n) is 23.8. The van der Waals surface area contributed by atoms with Crippen molar-refractivity contribution in [1.82, 2.24) is 15.5 Å². The van der Waals surface area contributed by atoms with Crippen LogP contribution in [0.3, 0.4) is 0 Å². The van der Waals surface area contributed by atoms with E-state index in [1.54, 1.807) is 36.4 Å². The first-order valence-corrected chi connectivity index (χ1v) is 13.5. The summed E-state index contributed by atoms with van der Waals surface area (Å²) < 4.78 is 1.16. The molecular formula is C29H43N3O4S. The van der Waals surface area contributed by atoms with E-state index in [4.69, 9.17) is 0 Å². The minimum absolute atomic E-state index is 0.0171. The van der Waals surface area contributed by atoms with Gasteiger partial charge in [0.2, 0.25) is 11.8 Å². The topological polar surface area (TPSA) is 98.7 Å². The molecule has 1 unspecified atom stereocenters. The van der Waals surface area contributed by atoms with Gasteiger partial charge in [-0.3, -0.25) is 9.59 Å². The van der Waals surface area contributed by atoms with E-state index < -0.39 is 34.9 Å². The number of nitrogens with zero attached hydrogens (tertiary/aromatic N) is 1. The molecule has 0 saturated heterocycles. The van der Waals surface area contributed by atoms with Crippen molar-refractivity contribution < 1.29 is 19.5 Å². The zero-order valence-corrected chi connectivity index (χ0v) is 24.6. The highest BCUT2D eigenvalue weighted by molar-refractivity contribution is 7.19. The number of carbonyl (C=O) groups is 3. The number of fused-ring (bicyclic) bond motifs is 1. The number of carbonyl (C=O) groups excluding carboxylic acids is 2. The molecule has 7 nitrogen and oxygen atoms in total. The summed E-state index contributed by atoms with van der Waals surface area (Å²) in [4.78, 5) is 41.6. The Labute approximate surface area is 225 Å². The first-order valence-electron chi connectivity index (χ1n) is 12.7. The van der Waals surface area contributed by atoms with Crippen molar-refractivity contribution >= 4 is 39.2 Å². The zero-order chi connectivity index (χ0) is 28.3. The third kappa shape index (κ3) is 6.99. The summed E-state index contributed by atoms with van der Waals surface area (Å²) in [6.45, 7) is 15.2. The molecule has 1 aromatic carbocycles. The van der Waals surface area contributed by atoms with E-state index in [1.165, 1.54) is 6.92 Å². The average molecular weight is 530 g/mol. The van der Waals surface area contributed by atoms with Crippen LogP contribution in [0.5, 0.6) is 0 Å². The van der Waals surface area contributed by atoms with Gasteiger partial charge in [0.15, 0.2) is 0 Å². The van der Waals surface area contributed by atoms with E-state index in [-0.39, 0.29) is 23.3 Å². The van der Waals surface area contributed by atoms with Crippen LogP contribution in [-0.4, -0.2) is 60.0 Å². The molecule has 8 heteroatoms. The summed E-state index contributed by atoms with van der Waals surface area (Å²) in [5.74, 6) is -1.56. The average Bonchev–Trinajstić information content (AvgIpc) is 3.24. The maximum Gasteiger partial charge on any atom is 0.331 e. The number of amides is 2. The largest absolute Gasteiger partial charge is 0.478 e. The van der Waals surface area contributed by atoms with Crippen LogP contribution in [-0.2, 0) is 19.8 Å². The van der Waals surface area contributed by atoms with E-state index >= 15 is 0 Å². The second kappa shape index (κ2) is 11.8. The van der Waals surface area contributed by atoms with Gasteiger partial charge >= 0.3 is 5.97 Å². The number of aliphatic carboxylic acids is 1. The summed E-state index contributed by atoms with van der Waals surface area (Å²) in [5.41, 5.74) is -0.939. The quantitative estimate of drug-likeness (QED) is 0.384. The van der Waals surface area contributed by atoms with Crippen LogP contribution in [0, 0.1) is 11.3 Å². The lowest BCUT2D eigenvalue weighted by Crippen LogP contribution is -2.61. The summed E-state index contributed by atoms with van der Waals surface area (Å²) in [5, 5.41) is 16.7. The molecule has 204 valence electrons. The first kappa shape index (κ1) is 30.5. The summed E-state index contributed by atoms with van der Waals surface area (Å²) in [6.07, 6.45) is 1.60. The molecule has 3 N–H and O–H groups in total. The molecule has 2 aromatic rings. The Kier molecular flexibility index (Phi) is 9.71. The smallest absolute Gasteiger partial charge is 0.331 e. The fourth-order valence-electron chi connectivity index (χ4n) is 4.57. The molecule has 0 saturated carbocycles. The predicted octanol–water partition coefficient (Wildman–Crippen LogP) is 4.81. The summed E-state index contributed by atoms with van der Waals surface area (Å²) in [6, 6.07) is 8.45. The molecule has 1 aromatic heterocycles. The molecule has 0 fully saturated rings. The molecule has 2 rings (SSSR count). The van der Waals surface area contributed by atoms with E-state index in [0.717, 1.165) is 15.0 Å². The van der Waals surface area contributed by atoms with Gasteiger partial charge in [-0.05, 0) is 42.8 Å². The Morgan fingerprint density at radius 1 is 1.05 bits per heavy atom. The number of carboxylic acids is 1. The highest BCUT2D eigenvalue weighted by Gasteiger charge is 2.42. The van der Waals surface area contributed by atoms with Crippen LogP contribution in [0.2, 0.25) is 0 Å². The first-order chi connectivity index (χ1) is 17.0. The second-order valence-electron chi connectivity index (χ2n) is 11.7. The Bertz CT molecular complexity index is 1130. The molecule has 37 heavy (non-hydrogen) atoms. The maximum atomic E-state index is 13.8. The number of thiophene rings is 1. The minimum Gasteiger partial charge on any atom is -0.478 e. The van der Waals surface area contributed by atoms with Crippen molar-refractivity contribution in [2.75, 3.05) is 14.1 Å². The third-order valence-corrected chi connectivity index (χ3v) is 8.42. The lowest BCUT2D eigenvalue weighted by molar-refractivity contribution is -0.141. The van der Waals surface area contributed by atoms with E-state index in [1.807, 2.05) is 60.6 Å². The molecule has 1 heterocycles. The predicted molar refractivity (Wildman–Crippen MR) is 152 cm³/mol. The second-order valence-corrected chi connectivity index (χ2v) is 12.8. The van der Waals surface area contributed by atoms with Crippen molar-refractivity contribution in [3.8, 4) is 0 Å². The number of hydrogen-bond acceptors (Lipinski definition) is 5. The van der Waals surface area contributed by atoms with Gasteiger partial charge in [0, 0.05) is 27.6 Å². The van der Waals surface area contributed by atoms with Gasteiger partial charge in [0.05, 0.1) is 12.1 Å². The minimum atomic E-state index is -1.02. The van der Waals surface area contributed by atoms with Crippen LogP contribution < -0.4 is 10.6 Å². The van der Waals surface area contributed by atoms with Gasteiger partial charge < -0.3 is 20.6 Å². The van der Waals surface area contributed by atoms with Crippen LogP contribution in [0.4, 0.5) is 0 Å². The molecule has 0 spiro atoms. The number of likely N-dealkylation sites (N-methyl/N-ethyl adjacent to an activating group) is 2. The fourth-order valence-corrected chi connectivity index (χ4v) is 5.76. The summed E-state index contributed by atoms with van der Waals surface area (Å²) in [7, 11) is 3.42. The van der Waals surface area contributed by atoms with Gasteiger partial charge in [0.25, 0.3) is 0 Å². The monoisotopic (exact) mass is 529 g/mol. The standard InChI is InChI=1S/C29H43N3O4S/c1-17(2)20(15-18(3)27(35)36)32(10)26(34)24(28(4,5)6)31-25(33)23(30-9)29(7,8)22-16-19-13-11-12-14-21(19)37-22/h11-17,20,23-24,30H,1-10H3,(H,31,33)(H,35,36)/t20-,23?,24-/m1/s1. The number of hydrogen-bond donors (Lipinski definition) is 3. The molecule has 0 radical (unpaired) electrons. The van der Waals surface area contributed by atoms with Crippen molar-refractivity contribution in [2.24, 2.45) is 11.3 Å². The fraction of sp³-hybridized carbons (Fsp3) is 0.552. The van der Waals surface area contributed by atoms with Crippen molar-refractivity contribution in [3.63, 3.8) is 0 Å². The SMILES string of the molecule is CNC(C(=O)N[C@H](C(=O)N(C)[C@H](C=C(C)C(=O)O)C(C)C)C(C)(C)C)C(C)(C)c1cc2ccccc2s1. The van der Waals surface area contributed by atoms with Crippen molar-refractivity contribution in [2.45, 2.75) is 78.9 Å². The molecule has 3 atom stereocenters. The summed E-state index contributed by atoms with van der Waals surface area (Å²) >= 11 is 1.67. The number of benzene rings is 1. The van der Waals surface area contributed by atoms with Gasteiger partial charge in [-0.2, -0.15) is 0 Å². The number of carboxylic acid groups (broad SMARTS) is 1. The Morgan fingerprint density at radius 2 is 1.65 bits per heavy atom. The Morgan fingerprint density at radius 3 is 2.14 bits per heavy atom. The molecular weight excluding hydrogens is 486 g/mol.